The molecule has 3 aromatic carbocycles. The molecule has 3 aromatic rings. The van der Waals surface area contributed by atoms with Gasteiger partial charge in [0.1, 0.15) is 0 Å². The van der Waals surface area contributed by atoms with Crippen LogP contribution in [0.3, 0.4) is 0 Å². The summed E-state index contributed by atoms with van der Waals surface area (Å²) in [4.78, 5) is 0. The zero-order chi connectivity index (χ0) is 15.2. The maximum absolute atomic E-state index is 10.3. The van der Waals surface area contributed by atoms with Crippen molar-refractivity contribution in [2.75, 3.05) is 13.1 Å². The van der Waals surface area contributed by atoms with Gasteiger partial charge in [-0.05, 0) is 40.9 Å². The van der Waals surface area contributed by atoms with Gasteiger partial charge in [0.05, 0.1) is 6.10 Å². The molecule has 112 valence electrons. The Balaban J connectivity index is 1.53. The zero-order valence-corrected chi connectivity index (χ0v) is 12.6. The van der Waals surface area contributed by atoms with Crippen LogP contribution < -0.4 is 5.32 Å². The summed E-state index contributed by atoms with van der Waals surface area (Å²) < 4.78 is 0. The van der Waals surface area contributed by atoms with E-state index in [4.69, 9.17) is 0 Å². The summed E-state index contributed by atoms with van der Waals surface area (Å²) in [6.07, 6.45) is 0.506. The predicted molar refractivity (Wildman–Crippen MR) is 91.9 cm³/mol. The lowest BCUT2D eigenvalue weighted by molar-refractivity contribution is 0.175. The van der Waals surface area contributed by atoms with Gasteiger partial charge in [0.15, 0.2) is 0 Å². The minimum atomic E-state index is -0.472. The molecule has 0 unspecified atom stereocenters. The Morgan fingerprint density at radius 3 is 2.36 bits per heavy atom. The molecule has 3 rings (SSSR count). The van der Waals surface area contributed by atoms with Crippen LogP contribution in [0.25, 0.3) is 10.8 Å². The van der Waals surface area contributed by atoms with Crippen molar-refractivity contribution >= 4 is 10.8 Å². The maximum atomic E-state index is 10.3. The molecule has 0 aliphatic heterocycles. The van der Waals surface area contributed by atoms with Crippen LogP contribution in [0, 0.1) is 0 Å². The van der Waals surface area contributed by atoms with Crippen molar-refractivity contribution < 1.29 is 5.11 Å². The largest absolute Gasteiger partial charge is 0.387 e. The molecule has 0 radical (unpaired) electrons. The highest BCUT2D eigenvalue weighted by Crippen LogP contribution is 2.20. The van der Waals surface area contributed by atoms with Crippen LogP contribution in [-0.2, 0) is 6.42 Å². The second-order valence-corrected chi connectivity index (χ2v) is 5.56. The third-order valence-corrected chi connectivity index (χ3v) is 3.93. The third kappa shape index (κ3) is 3.73. The number of benzene rings is 3. The molecule has 0 aliphatic rings. The van der Waals surface area contributed by atoms with Gasteiger partial charge in [0.25, 0.3) is 0 Å². The van der Waals surface area contributed by atoms with Crippen LogP contribution in [0.1, 0.15) is 17.2 Å². The average molecular weight is 291 g/mol. The highest BCUT2D eigenvalue weighted by atomic mass is 16.3. The molecule has 1 atom stereocenters. The van der Waals surface area contributed by atoms with Gasteiger partial charge >= 0.3 is 0 Å². The molecule has 0 bridgehead atoms. The van der Waals surface area contributed by atoms with E-state index in [2.05, 4.69) is 53.8 Å². The molecule has 2 nitrogen and oxygen atoms in total. The van der Waals surface area contributed by atoms with Gasteiger partial charge in [-0.2, -0.15) is 0 Å². The fourth-order valence-electron chi connectivity index (χ4n) is 2.65. The van der Waals surface area contributed by atoms with E-state index >= 15 is 0 Å². The molecule has 0 saturated carbocycles. The minimum absolute atomic E-state index is 0.472. The van der Waals surface area contributed by atoms with Crippen molar-refractivity contribution in [2.24, 2.45) is 0 Å². The number of hydrogen-bond acceptors (Lipinski definition) is 2. The summed E-state index contributed by atoms with van der Waals surface area (Å²) in [5.41, 5.74) is 2.28. The van der Waals surface area contributed by atoms with Crippen molar-refractivity contribution in [1.82, 2.24) is 5.32 Å². The number of aliphatic hydroxyl groups excluding tert-OH is 1. The summed E-state index contributed by atoms with van der Waals surface area (Å²) in [5.74, 6) is 0. The molecule has 2 heteroatoms. The zero-order valence-electron chi connectivity index (χ0n) is 12.6. The molecule has 22 heavy (non-hydrogen) atoms. The Morgan fingerprint density at radius 2 is 1.55 bits per heavy atom. The van der Waals surface area contributed by atoms with Gasteiger partial charge in [-0.1, -0.05) is 66.7 Å². The SMILES string of the molecule is O[C@H](CNCCc1ccccc1)c1ccc2ccccc2c1. The van der Waals surface area contributed by atoms with Crippen LogP contribution in [0.2, 0.25) is 0 Å². The molecule has 0 aliphatic carbocycles. The molecule has 0 spiro atoms. The average Bonchev–Trinajstić information content (AvgIpc) is 2.59. The molecular weight excluding hydrogens is 270 g/mol. The second kappa shape index (κ2) is 7.21. The first-order valence-corrected chi connectivity index (χ1v) is 7.74. The van der Waals surface area contributed by atoms with E-state index in [-0.39, 0.29) is 0 Å². The van der Waals surface area contributed by atoms with Gasteiger partial charge in [-0.25, -0.2) is 0 Å². The fourth-order valence-corrected chi connectivity index (χ4v) is 2.65. The molecule has 0 fully saturated rings. The Morgan fingerprint density at radius 1 is 0.818 bits per heavy atom. The van der Waals surface area contributed by atoms with Crippen LogP contribution in [0.15, 0.2) is 72.8 Å². The van der Waals surface area contributed by atoms with Crippen molar-refractivity contribution in [3.05, 3.63) is 83.9 Å². The number of aliphatic hydroxyl groups is 1. The van der Waals surface area contributed by atoms with Crippen molar-refractivity contribution in [3.63, 3.8) is 0 Å². The topological polar surface area (TPSA) is 32.3 Å². The summed E-state index contributed by atoms with van der Waals surface area (Å²) >= 11 is 0. The normalized spacial score (nSPS) is 12.4. The first-order chi connectivity index (χ1) is 10.8. The Labute approximate surface area is 131 Å². The van der Waals surface area contributed by atoms with Crippen LogP contribution >= 0.6 is 0 Å². The van der Waals surface area contributed by atoms with Gasteiger partial charge in [0.2, 0.25) is 0 Å². The number of fused-ring (bicyclic) bond motifs is 1. The van der Waals surface area contributed by atoms with E-state index in [0.717, 1.165) is 18.5 Å². The van der Waals surface area contributed by atoms with Gasteiger partial charge < -0.3 is 10.4 Å². The fraction of sp³-hybridized carbons (Fsp3) is 0.200. The lowest BCUT2D eigenvalue weighted by Gasteiger charge is -2.13. The Kier molecular flexibility index (Phi) is 4.84. The maximum Gasteiger partial charge on any atom is 0.0914 e. The lowest BCUT2D eigenvalue weighted by atomic mass is 10.0. The van der Waals surface area contributed by atoms with Gasteiger partial charge in [0, 0.05) is 6.54 Å². The number of nitrogens with one attached hydrogen (secondary N) is 1. The molecule has 0 saturated heterocycles. The van der Waals surface area contributed by atoms with Gasteiger partial charge in [-0.15, -0.1) is 0 Å². The smallest absolute Gasteiger partial charge is 0.0914 e. The van der Waals surface area contributed by atoms with Crippen molar-refractivity contribution in [3.8, 4) is 0 Å². The second-order valence-electron chi connectivity index (χ2n) is 5.56. The third-order valence-electron chi connectivity index (χ3n) is 3.93. The van der Waals surface area contributed by atoms with E-state index in [1.807, 2.05) is 24.3 Å². The molecule has 0 amide bonds. The lowest BCUT2D eigenvalue weighted by Crippen LogP contribution is -2.23. The summed E-state index contributed by atoms with van der Waals surface area (Å²) in [6.45, 7) is 1.44. The standard InChI is InChI=1S/C20H21NO/c22-20(15-21-13-12-16-6-2-1-3-7-16)19-11-10-17-8-4-5-9-18(17)14-19/h1-11,14,20-22H,12-13,15H2/t20-/m1/s1. The van der Waals surface area contributed by atoms with Crippen LogP contribution in [-0.4, -0.2) is 18.2 Å². The summed E-state index contributed by atoms with van der Waals surface area (Å²) in [7, 11) is 0. The Bertz CT molecular complexity index is 724. The minimum Gasteiger partial charge on any atom is -0.387 e. The number of hydrogen-bond donors (Lipinski definition) is 2. The van der Waals surface area contributed by atoms with E-state index in [1.165, 1.54) is 16.3 Å². The molecule has 0 aromatic heterocycles. The van der Waals surface area contributed by atoms with E-state index in [0.29, 0.717) is 6.54 Å². The summed E-state index contributed by atoms with van der Waals surface area (Å²) in [5, 5.41) is 16.0. The number of rotatable bonds is 6. The first kappa shape index (κ1) is 14.8. The van der Waals surface area contributed by atoms with Crippen LogP contribution in [0.4, 0.5) is 0 Å². The molecule has 0 heterocycles. The molecule has 2 N–H and O–H groups in total. The van der Waals surface area contributed by atoms with Crippen LogP contribution in [0.5, 0.6) is 0 Å². The van der Waals surface area contributed by atoms with Gasteiger partial charge in [-0.3, -0.25) is 0 Å². The van der Waals surface area contributed by atoms with Crippen molar-refractivity contribution in [2.45, 2.75) is 12.5 Å². The predicted octanol–water partition coefficient (Wildman–Crippen LogP) is 3.71. The van der Waals surface area contributed by atoms with E-state index < -0.39 is 6.10 Å². The Hall–Kier alpha value is -2.16. The van der Waals surface area contributed by atoms with E-state index in [1.54, 1.807) is 0 Å². The first-order valence-electron chi connectivity index (χ1n) is 7.74. The quantitative estimate of drug-likeness (QED) is 0.679. The highest BCUT2D eigenvalue weighted by Gasteiger charge is 2.07. The molecular formula is C20H21NO. The van der Waals surface area contributed by atoms with E-state index in [9.17, 15) is 5.11 Å². The monoisotopic (exact) mass is 291 g/mol. The highest BCUT2D eigenvalue weighted by molar-refractivity contribution is 5.83. The van der Waals surface area contributed by atoms with Crippen molar-refractivity contribution in [1.29, 1.82) is 0 Å². The summed E-state index contributed by atoms with van der Waals surface area (Å²) in [6, 6.07) is 24.8.